The minimum absolute atomic E-state index is 0.0608. The van der Waals surface area contributed by atoms with Gasteiger partial charge in [-0.25, -0.2) is 4.39 Å². The maximum absolute atomic E-state index is 12.9. The second-order valence-electron chi connectivity index (χ2n) is 3.51. The molecule has 0 aliphatic carbocycles. The SMILES string of the molecule is CCNC(C)c1cc(F)ccc1C(F)(F)F. The molecule has 16 heavy (non-hydrogen) atoms. The fraction of sp³-hybridized carbons (Fsp3) is 0.455. The second-order valence-corrected chi connectivity index (χ2v) is 3.51. The van der Waals surface area contributed by atoms with Crippen molar-refractivity contribution in [2.24, 2.45) is 0 Å². The van der Waals surface area contributed by atoms with Crippen LogP contribution in [0.5, 0.6) is 0 Å². The Bertz CT molecular complexity index is 359. The standard InChI is InChI=1S/C11H13F4N/c1-3-16-7(2)9-6-8(12)4-5-10(9)11(13,14)15/h4-7,16H,3H2,1-2H3. The summed E-state index contributed by atoms with van der Waals surface area (Å²) in [5.41, 5.74) is -0.850. The second kappa shape index (κ2) is 4.82. The molecule has 0 radical (unpaired) electrons. The molecule has 0 aliphatic heterocycles. The van der Waals surface area contributed by atoms with Crippen LogP contribution in [0.15, 0.2) is 18.2 Å². The highest BCUT2D eigenvalue weighted by atomic mass is 19.4. The van der Waals surface area contributed by atoms with Crippen molar-refractivity contribution in [1.82, 2.24) is 5.32 Å². The molecular formula is C11H13F4N. The third-order valence-corrected chi connectivity index (χ3v) is 2.30. The van der Waals surface area contributed by atoms with Crippen LogP contribution in [0.2, 0.25) is 0 Å². The van der Waals surface area contributed by atoms with Crippen molar-refractivity contribution >= 4 is 0 Å². The molecule has 1 unspecified atom stereocenters. The summed E-state index contributed by atoms with van der Waals surface area (Å²) in [6, 6.07) is 2.00. The number of alkyl halides is 3. The van der Waals surface area contributed by atoms with Gasteiger partial charge in [-0.3, -0.25) is 0 Å². The van der Waals surface area contributed by atoms with Crippen LogP contribution in [-0.2, 0) is 6.18 Å². The molecule has 1 aromatic carbocycles. The minimum atomic E-state index is -4.45. The lowest BCUT2D eigenvalue weighted by Gasteiger charge is -2.18. The smallest absolute Gasteiger partial charge is 0.310 e. The van der Waals surface area contributed by atoms with Crippen LogP contribution < -0.4 is 5.32 Å². The van der Waals surface area contributed by atoms with E-state index < -0.39 is 23.6 Å². The highest BCUT2D eigenvalue weighted by molar-refractivity contribution is 5.32. The molecule has 0 saturated heterocycles. The molecule has 1 nitrogen and oxygen atoms in total. The lowest BCUT2D eigenvalue weighted by atomic mass is 10.0. The van der Waals surface area contributed by atoms with Crippen molar-refractivity contribution < 1.29 is 17.6 Å². The Morgan fingerprint density at radius 3 is 2.44 bits per heavy atom. The topological polar surface area (TPSA) is 12.0 Å². The van der Waals surface area contributed by atoms with Crippen molar-refractivity contribution in [2.45, 2.75) is 26.1 Å². The summed E-state index contributed by atoms with van der Waals surface area (Å²) < 4.78 is 50.8. The van der Waals surface area contributed by atoms with Gasteiger partial charge in [0.2, 0.25) is 0 Å². The normalized spacial score (nSPS) is 13.9. The van der Waals surface area contributed by atoms with E-state index in [9.17, 15) is 17.6 Å². The Labute approximate surface area is 91.5 Å². The molecule has 1 N–H and O–H groups in total. The van der Waals surface area contributed by atoms with Gasteiger partial charge < -0.3 is 5.32 Å². The van der Waals surface area contributed by atoms with E-state index in [4.69, 9.17) is 0 Å². The maximum atomic E-state index is 12.9. The van der Waals surface area contributed by atoms with Crippen LogP contribution in [0.25, 0.3) is 0 Å². The highest BCUT2D eigenvalue weighted by Gasteiger charge is 2.34. The first-order valence-electron chi connectivity index (χ1n) is 4.96. The van der Waals surface area contributed by atoms with Crippen LogP contribution in [0.4, 0.5) is 17.6 Å². The van der Waals surface area contributed by atoms with E-state index in [0.29, 0.717) is 6.54 Å². The lowest BCUT2D eigenvalue weighted by molar-refractivity contribution is -0.138. The van der Waals surface area contributed by atoms with Gasteiger partial charge in [0.25, 0.3) is 0 Å². The first-order chi connectivity index (χ1) is 7.36. The van der Waals surface area contributed by atoms with Gasteiger partial charge in [0.1, 0.15) is 5.82 Å². The van der Waals surface area contributed by atoms with Crippen molar-refractivity contribution in [2.75, 3.05) is 6.54 Å². The zero-order valence-electron chi connectivity index (χ0n) is 9.03. The van der Waals surface area contributed by atoms with Crippen LogP contribution in [-0.4, -0.2) is 6.54 Å². The summed E-state index contributed by atoms with van der Waals surface area (Å²) in [5.74, 6) is -0.659. The quantitative estimate of drug-likeness (QED) is 0.790. The molecule has 1 rings (SSSR count). The maximum Gasteiger partial charge on any atom is 0.416 e. The highest BCUT2D eigenvalue weighted by Crippen LogP contribution is 2.34. The van der Waals surface area contributed by atoms with Crippen molar-refractivity contribution in [3.63, 3.8) is 0 Å². The average Bonchev–Trinajstić information content (AvgIpc) is 2.16. The molecule has 0 heterocycles. The zero-order chi connectivity index (χ0) is 12.3. The first-order valence-corrected chi connectivity index (χ1v) is 4.96. The van der Waals surface area contributed by atoms with Gasteiger partial charge in [-0.1, -0.05) is 6.92 Å². The summed E-state index contributed by atoms with van der Waals surface area (Å²) in [4.78, 5) is 0. The largest absolute Gasteiger partial charge is 0.416 e. The van der Waals surface area contributed by atoms with E-state index in [2.05, 4.69) is 5.32 Å². The Balaban J connectivity index is 3.18. The Morgan fingerprint density at radius 2 is 1.94 bits per heavy atom. The summed E-state index contributed by atoms with van der Waals surface area (Å²) in [6.45, 7) is 3.88. The van der Waals surface area contributed by atoms with Gasteiger partial charge in [0, 0.05) is 6.04 Å². The molecular weight excluding hydrogens is 222 g/mol. The van der Waals surface area contributed by atoms with Gasteiger partial charge in [0.15, 0.2) is 0 Å². The van der Waals surface area contributed by atoms with Crippen molar-refractivity contribution in [1.29, 1.82) is 0 Å². The molecule has 1 aromatic rings. The Hall–Kier alpha value is -1.10. The third kappa shape index (κ3) is 2.95. The summed E-state index contributed by atoms with van der Waals surface area (Å²) in [5, 5.41) is 2.83. The number of halogens is 4. The van der Waals surface area contributed by atoms with Crippen molar-refractivity contribution in [3.05, 3.63) is 35.1 Å². The summed E-state index contributed by atoms with van der Waals surface area (Å²) >= 11 is 0. The van der Waals surface area contributed by atoms with Gasteiger partial charge in [-0.2, -0.15) is 13.2 Å². The molecule has 0 fully saturated rings. The molecule has 0 aromatic heterocycles. The van der Waals surface area contributed by atoms with E-state index in [-0.39, 0.29) is 5.56 Å². The number of nitrogens with one attached hydrogen (secondary N) is 1. The molecule has 0 bridgehead atoms. The number of benzene rings is 1. The lowest BCUT2D eigenvalue weighted by Crippen LogP contribution is -2.21. The molecule has 1 atom stereocenters. The van der Waals surface area contributed by atoms with Crippen molar-refractivity contribution in [3.8, 4) is 0 Å². The Kier molecular flexibility index (Phi) is 3.91. The fourth-order valence-corrected chi connectivity index (χ4v) is 1.57. The predicted molar refractivity (Wildman–Crippen MR) is 53.5 cm³/mol. The molecule has 0 saturated carbocycles. The van der Waals surface area contributed by atoms with Gasteiger partial charge in [-0.15, -0.1) is 0 Å². The van der Waals surface area contributed by atoms with E-state index in [0.717, 1.165) is 18.2 Å². The van der Waals surface area contributed by atoms with Crippen LogP contribution >= 0.6 is 0 Å². The van der Waals surface area contributed by atoms with E-state index in [1.807, 2.05) is 0 Å². The van der Waals surface area contributed by atoms with Crippen LogP contribution in [0.3, 0.4) is 0 Å². The fourth-order valence-electron chi connectivity index (χ4n) is 1.57. The van der Waals surface area contributed by atoms with E-state index in [1.165, 1.54) is 0 Å². The molecule has 5 heteroatoms. The number of hydrogen-bond donors (Lipinski definition) is 1. The zero-order valence-corrected chi connectivity index (χ0v) is 9.03. The van der Waals surface area contributed by atoms with Crippen LogP contribution in [0, 0.1) is 5.82 Å². The van der Waals surface area contributed by atoms with Crippen LogP contribution in [0.1, 0.15) is 31.0 Å². The predicted octanol–water partition coefficient (Wildman–Crippen LogP) is 3.52. The van der Waals surface area contributed by atoms with Gasteiger partial charge >= 0.3 is 6.18 Å². The minimum Gasteiger partial charge on any atom is -0.310 e. The number of hydrogen-bond acceptors (Lipinski definition) is 1. The summed E-state index contributed by atoms with van der Waals surface area (Å²) in [7, 11) is 0. The monoisotopic (exact) mass is 235 g/mol. The molecule has 0 amide bonds. The summed E-state index contributed by atoms with van der Waals surface area (Å²) in [6.07, 6.45) is -4.45. The molecule has 90 valence electrons. The third-order valence-electron chi connectivity index (χ3n) is 2.30. The van der Waals surface area contributed by atoms with Gasteiger partial charge in [-0.05, 0) is 37.2 Å². The average molecular weight is 235 g/mol. The van der Waals surface area contributed by atoms with Gasteiger partial charge in [0.05, 0.1) is 5.56 Å². The number of rotatable bonds is 3. The van der Waals surface area contributed by atoms with E-state index in [1.54, 1.807) is 13.8 Å². The molecule has 0 spiro atoms. The molecule has 0 aliphatic rings. The Morgan fingerprint density at radius 1 is 1.31 bits per heavy atom. The van der Waals surface area contributed by atoms with E-state index >= 15 is 0 Å². The first kappa shape index (κ1) is 13.0.